The normalized spacial score (nSPS) is 10.5. The summed E-state index contributed by atoms with van der Waals surface area (Å²) < 4.78 is 29.9. The van der Waals surface area contributed by atoms with Crippen molar-refractivity contribution in [2.24, 2.45) is 0 Å². The number of ether oxygens (including phenoxy) is 1. The molecule has 0 aromatic heterocycles. The molecule has 1 N–H and O–H groups in total. The molecule has 0 saturated carbocycles. The SMILES string of the molecule is COc1cccc(NCc2ccc(C(F)F)cc2)c1. The van der Waals surface area contributed by atoms with Crippen LogP contribution in [0.2, 0.25) is 0 Å². The summed E-state index contributed by atoms with van der Waals surface area (Å²) in [5, 5.41) is 3.22. The number of rotatable bonds is 5. The van der Waals surface area contributed by atoms with Gasteiger partial charge in [-0.3, -0.25) is 0 Å². The van der Waals surface area contributed by atoms with Gasteiger partial charge in [-0.25, -0.2) is 8.78 Å². The fourth-order valence-corrected chi connectivity index (χ4v) is 1.72. The van der Waals surface area contributed by atoms with Crippen molar-refractivity contribution in [3.8, 4) is 5.75 Å². The Balaban J connectivity index is 1.98. The summed E-state index contributed by atoms with van der Waals surface area (Å²) in [4.78, 5) is 0. The summed E-state index contributed by atoms with van der Waals surface area (Å²) in [6, 6.07) is 13.9. The van der Waals surface area contributed by atoms with Crippen LogP contribution in [-0.2, 0) is 6.54 Å². The van der Waals surface area contributed by atoms with Gasteiger partial charge in [0, 0.05) is 23.9 Å². The molecular formula is C15H15F2NO. The van der Waals surface area contributed by atoms with Crippen molar-refractivity contribution in [1.29, 1.82) is 0 Å². The molecule has 0 heterocycles. The predicted molar refractivity (Wildman–Crippen MR) is 71.7 cm³/mol. The minimum Gasteiger partial charge on any atom is -0.497 e. The zero-order chi connectivity index (χ0) is 13.7. The molecule has 2 aromatic carbocycles. The summed E-state index contributed by atoms with van der Waals surface area (Å²) in [6.45, 7) is 0.580. The first kappa shape index (κ1) is 13.3. The fraction of sp³-hybridized carbons (Fsp3) is 0.200. The number of nitrogens with one attached hydrogen (secondary N) is 1. The van der Waals surface area contributed by atoms with Crippen LogP contribution in [0.15, 0.2) is 48.5 Å². The standard InChI is InChI=1S/C15H15F2NO/c1-19-14-4-2-3-13(9-14)18-10-11-5-7-12(8-6-11)15(16)17/h2-9,15,18H,10H2,1H3. The van der Waals surface area contributed by atoms with Gasteiger partial charge in [0.1, 0.15) is 5.75 Å². The second-order valence-corrected chi connectivity index (χ2v) is 4.13. The van der Waals surface area contributed by atoms with Gasteiger partial charge < -0.3 is 10.1 Å². The smallest absolute Gasteiger partial charge is 0.263 e. The van der Waals surface area contributed by atoms with Crippen molar-refractivity contribution in [3.05, 3.63) is 59.7 Å². The van der Waals surface area contributed by atoms with Crippen LogP contribution in [0.5, 0.6) is 5.75 Å². The Labute approximate surface area is 111 Å². The van der Waals surface area contributed by atoms with Gasteiger partial charge in [0.25, 0.3) is 6.43 Å². The molecule has 2 nitrogen and oxygen atoms in total. The van der Waals surface area contributed by atoms with E-state index in [1.54, 1.807) is 19.2 Å². The first-order chi connectivity index (χ1) is 9.19. The van der Waals surface area contributed by atoms with E-state index >= 15 is 0 Å². The monoisotopic (exact) mass is 263 g/mol. The lowest BCUT2D eigenvalue weighted by Crippen LogP contribution is -1.99. The minimum absolute atomic E-state index is 0.0464. The highest BCUT2D eigenvalue weighted by Crippen LogP contribution is 2.20. The minimum atomic E-state index is -2.42. The molecule has 4 heteroatoms. The molecule has 0 radical (unpaired) electrons. The molecule has 0 saturated heterocycles. The van der Waals surface area contributed by atoms with E-state index < -0.39 is 6.43 Å². The third-order valence-electron chi connectivity index (χ3n) is 2.80. The second-order valence-electron chi connectivity index (χ2n) is 4.13. The first-order valence-corrected chi connectivity index (χ1v) is 5.94. The number of hydrogen-bond acceptors (Lipinski definition) is 2. The Morgan fingerprint density at radius 1 is 1.11 bits per heavy atom. The maximum atomic E-state index is 12.4. The average molecular weight is 263 g/mol. The third kappa shape index (κ3) is 3.68. The molecule has 100 valence electrons. The zero-order valence-electron chi connectivity index (χ0n) is 10.6. The number of hydrogen-bond donors (Lipinski definition) is 1. The Morgan fingerprint density at radius 2 is 1.84 bits per heavy atom. The molecule has 0 unspecified atom stereocenters. The molecule has 0 atom stereocenters. The van der Waals surface area contributed by atoms with Gasteiger partial charge >= 0.3 is 0 Å². The maximum absolute atomic E-state index is 12.4. The van der Waals surface area contributed by atoms with Crippen molar-refractivity contribution >= 4 is 5.69 Å². The van der Waals surface area contributed by atoms with Crippen molar-refractivity contribution < 1.29 is 13.5 Å². The quantitative estimate of drug-likeness (QED) is 0.871. The molecule has 0 spiro atoms. The van der Waals surface area contributed by atoms with Gasteiger partial charge in [-0.1, -0.05) is 30.3 Å². The predicted octanol–water partition coefficient (Wildman–Crippen LogP) is 4.24. The van der Waals surface area contributed by atoms with E-state index in [1.807, 2.05) is 24.3 Å². The second kappa shape index (κ2) is 6.18. The highest BCUT2D eigenvalue weighted by molar-refractivity contribution is 5.48. The Kier molecular flexibility index (Phi) is 4.34. The summed E-state index contributed by atoms with van der Waals surface area (Å²) >= 11 is 0. The molecule has 2 rings (SSSR count). The molecule has 19 heavy (non-hydrogen) atoms. The van der Waals surface area contributed by atoms with Crippen LogP contribution < -0.4 is 10.1 Å². The van der Waals surface area contributed by atoms with E-state index in [-0.39, 0.29) is 5.56 Å². The lowest BCUT2D eigenvalue weighted by Gasteiger charge is -2.08. The highest BCUT2D eigenvalue weighted by atomic mass is 19.3. The van der Waals surface area contributed by atoms with Gasteiger partial charge in [0.2, 0.25) is 0 Å². The molecule has 0 aliphatic heterocycles. The number of alkyl halides is 2. The lowest BCUT2D eigenvalue weighted by atomic mass is 10.1. The Morgan fingerprint density at radius 3 is 2.47 bits per heavy atom. The van der Waals surface area contributed by atoms with Gasteiger partial charge in [-0.15, -0.1) is 0 Å². The van der Waals surface area contributed by atoms with Crippen LogP contribution in [0, 0.1) is 0 Å². The maximum Gasteiger partial charge on any atom is 0.263 e. The van der Waals surface area contributed by atoms with Crippen LogP contribution >= 0.6 is 0 Å². The van der Waals surface area contributed by atoms with E-state index in [9.17, 15) is 8.78 Å². The average Bonchev–Trinajstić information content (AvgIpc) is 2.46. The van der Waals surface area contributed by atoms with Crippen LogP contribution in [-0.4, -0.2) is 7.11 Å². The molecule has 0 amide bonds. The number of halogens is 2. The highest BCUT2D eigenvalue weighted by Gasteiger charge is 2.05. The topological polar surface area (TPSA) is 21.3 Å². The van der Waals surface area contributed by atoms with Gasteiger partial charge in [0.15, 0.2) is 0 Å². The van der Waals surface area contributed by atoms with Gasteiger partial charge in [0.05, 0.1) is 7.11 Å². The van der Waals surface area contributed by atoms with E-state index in [0.29, 0.717) is 6.54 Å². The molecule has 0 fully saturated rings. The number of anilines is 1. The summed E-state index contributed by atoms with van der Waals surface area (Å²) in [5.74, 6) is 0.776. The van der Waals surface area contributed by atoms with Crippen LogP contribution in [0.1, 0.15) is 17.6 Å². The van der Waals surface area contributed by atoms with Crippen LogP contribution in [0.4, 0.5) is 14.5 Å². The van der Waals surface area contributed by atoms with Crippen molar-refractivity contribution in [2.45, 2.75) is 13.0 Å². The summed E-state index contributed by atoms with van der Waals surface area (Å²) in [5.41, 5.74) is 1.93. The van der Waals surface area contributed by atoms with E-state index in [0.717, 1.165) is 17.0 Å². The van der Waals surface area contributed by atoms with E-state index in [1.165, 1.54) is 12.1 Å². The molecule has 2 aromatic rings. The van der Waals surface area contributed by atoms with Crippen LogP contribution in [0.3, 0.4) is 0 Å². The largest absolute Gasteiger partial charge is 0.497 e. The van der Waals surface area contributed by atoms with Gasteiger partial charge in [-0.2, -0.15) is 0 Å². The molecule has 0 bridgehead atoms. The van der Waals surface area contributed by atoms with Crippen molar-refractivity contribution in [1.82, 2.24) is 0 Å². The Bertz CT molecular complexity index is 526. The van der Waals surface area contributed by atoms with Gasteiger partial charge in [-0.05, 0) is 17.7 Å². The molecule has 0 aliphatic carbocycles. The van der Waals surface area contributed by atoms with Crippen molar-refractivity contribution in [2.75, 3.05) is 12.4 Å². The third-order valence-corrected chi connectivity index (χ3v) is 2.80. The molecule has 0 aliphatic rings. The fourth-order valence-electron chi connectivity index (χ4n) is 1.72. The summed E-state index contributed by atoms with van der Waals surface area (Å²) in [7, 11) is 1.61. The van der Waals surface area contributed by atoms with Crippen LogP contribution in [0.25, 0.3) is 0 Å². The first-order valence-electron chi connectivity index (χ1n) is 5.94. The Hall–Kier alpha value is -2.10. The van der Waals surface area contributed by atoms with E-state index in [2.05, 4.69) is 5.32 Å². The van der Waals surface area contributed by atoms with Crippen molar-refractivity contribution in [3.63, 3.8) is 0 Å². The number of methoxy groups -OCH3 is 1. The lowest BCUT2D eigenvalue weighted by molar-refractivity contribution is 0.151. The van der Waals surface area contributed by atoms with E-state index in [4.69, 9.17) is 4.74 Å². The summed E-state index contributed by atoms with van der Waals surface area (Å²) in [6.07, 6.45) is -2.42. The molecular weight excluding hydrogens is 248 g/mol. The number of benzene rings is 2. The zero-order valence-corrected chi connectivity index (χ0v) is 10.6.